The van der Waals surface area contributed by atoms with Crippen LogP contribution in [0.1, 0.15) is 61.1 Å². The lowest BCUT2D eigenvalue weighted by Crippen LogP contribution is -2.36. The number of benzene rings is 2. The fourth-order valence-electron chi connectivity index (χ4n) is 5.48. The second kappa shape index (κ2) is 8.33. The van der Waals surface area contributed by atoms with E-state index in [1.54, 1.807) is 11.8 Å². The van der Waals surface area contributed by atoms with Gasteiger partial charge in [0.05, 0.1) is 24.9 Å². The van der Waals surface area contributed by atoms with E-state index in [0.29, 0.717) is 25.1 Å². The maximum Gasteiger partial charge on any atom is 0.253 e. The number of carbonyl (C=O) groups is 1. The monoisotopic (exact) mass is 449 g/mol. The zero-order valence-corrected chi connectivity index (χ0v) is 19.9. The summed E-state index contributed by atoms with van der Waals surface area (Å²) in [6.45, 7) is 10.7. The van der Waals surface area contributed by atoms with Crippen molar-refractivity contribution in [3.8, 4) is 0 Å². The number of nitrogens with zero attached hydrogens (tertiary/aromatic N) is 2. The van der Waals surface area contributed by atoms with Crippen LogP contribution in [0.3, 0.4) is 0 Å². The SMILES string of the molecule is CC1(O)CCN(C(=O)c2ccc3c(c2)C(C)(C)CC(c2cccc(N4CCOCC4)c2)N3)C1. The average Bonchev–Trinajstić information content (AvgIpc) is 3.18. The van der Waals surface area contributed by atoms with Gasteiger partial charge in [0.25, 0.3) is 5.91 Å². The van der Waals surface area contributed by atoms with Crippen LogP contribution in [0.15, 0.2) is 42.5 Å². The Hall–Kier alpha value is -2.57. The fourth-order valence-corrected chi connectivity index (χ4v) is 5.48. The quantitative estimate of drug-likeness (QED) is 0.743. The summed E-state index contributed by atoms with van der Waals surface area (Å²) in [5, 5.41) is 14.0. The van der Waals surface area contributed by atoms with Gasteiger partial charge in [-0.15, -0.1) is 0 Å². The molecule has 0 spiro atoms. The molecule has 0 bridgehead atoms. The van der Waals surface area contributed by atoms with E-state index >= 15 is 0 Å². The third-order valence-corrected chi connectivity index (χ3v) is 7.43. The van der Waals surface area contributed by atoms with E-state index in [4.69, 9.17) is 4.74 Å². The number of fused-ring (bicyclic) bond motifs is 1. The number of rotatable bonds is 3. The number of carbonyl (C=O) groups excluding carboxylic acids is 1. The van der Waals surface area contributed by atoms with Gasteiger partial charge in [-0.05, 0) is 66.6 Å². The first-order chi connectivity index (χ1) is 15.7. The maximum absolute atomic E-state index is 13.1. The number of hydrogen-bond donors (Lipinski definition) is 2. The molecule has 6 nitrogen and oxygen atoms in total. The van der Waals surface area contributed by atoms with Crippen molar-refractivity contribution >= 4 is 17.3 Å². The first kappa shape index (κ1) is 22.2. The Kier molecular flexibility index (Phi) is 5.61. The molecule has 0 aromatic heterocycles. The van der Waals surface area contributed by atoms with Crippen molar-refractivity contribution < 1.29 is 14.6 Å². The molecular weight excluding hydrogens is 414 g/mol. The third-order valence-electron chi connectivity index (χ3n) is 7.43. The molecule has 3 aliphatic heterocycles. The number of β-amino-alcohol motifs (C(OH)–C–C–N with tert-alkyl or cyclic N) is 1. The minimum Gasteiger partial charge on any atom is -0.388 e. The molecule has 0 saturated carbocycles. The van der Waals surface area contributed by atoms with Crippen LogP contribution in [-0.4, -0.2) is 60.9 Å². The number of nitrogens with one attached hydrogen (secondary N) is 1. The molecule has 2 unspecified atom stereocenters. The molecule has 2 aromatic carbocycles. The molecule has 2 aromatic rings. The first-order valence-electron chi connectivity index (χ1n) is 12.1. The van der Waals surface area contributed by atoms with Crippen LogP contribution >= 0.6 is 0 Å². The number of ether oxygens (including phenoxy) is 1. The predicted molar refractivity (Wildman–Crippen MR) is 131 cm³/mol. The molecule has 1 amide bonds. The number of aliphatic hydroxyl groups is 1. The van der Waals surface area contributed by atoms with Gasteiger partial charge < -0.3 is 25.0 Å². The molecule has 2 atom stereocenters. The minimum absolute atomic E-state index is 0.00621. The van der Waals surface area contributed by atoms with E-state index < -0.39 is 5.60 Å². The van der Waals surface area contributed by atoms with E-state index in [1.165, 1.54) is 16.8 Å². The van der Waals surface area contributed by atoms with Crippen LogP contribution in [0, 0.1) is 0 Å². The molecule has 2 saturated heterocycles. The van der Waals surface area contributed by atoms with Gasteiger partial charge in [-0.25, -0.2) is 0 Å². The van der Waals surface area contributed by atoms with Crippen LogP contribution < -0.4 is 10.2 Å². The van der Waals surface area contributed by atoms with Crippen LogP contribution in [0.4, 0.5) is 11.4 Å². The number of anilines is 2. The first-order valence-corrected chi connectivity index (χ1v) is 12.1. The second-order valence-corrected chi connectivity index (χ2v) is 10.7. The molecule has 6 heteroatoms. The molecule has 33 heavy (non-hydrogen) atoms. The lowest BCUT2D eigenvalue weighted by molar-refractivity contribution is 0.0572. The highest BCUT2D eigenvalue weighted by molar-refractivity contribution is 5.95. The maximum atomic E-state index is 13.1. The molecule has 0 aliphatic carbocycles. The summed E-state index contributed by atoms with van der Waals surface area (Å²) in [5.41, 5.74) is 4.66. The Labute approximate surface area is 196 Å². The molecule has 2 fully saturated rings. The molecule has 176 valence electrons. The molecular formula is C27H35N3O3. The van der Waals surface area contributed by atoms with Gasteiger partial charge in [-0.3, -0.25) is 4.79 Å². The Bertz CT molecular complexity index is 1040. The summed E-state index contributed by atoms with van der Waals surface area (Å²) < 4.78 is 5.51. The zero-order valence-electron chi connectivity index (χ0n) is 19.9. The van der Waals surface area contributed by atoms with Crippen molar-refractivity contribution in [3.63, 3.8) is 0 Å². The van der Waals surface area contributed by atoms with Gasteiger partial charge in [0, 0.05) is 43.1 Å². The number of amides is 1. The second-order valence-electron chi connectivity index (χ2n) is 10.7. The van der Waals surface area contributed by atoms with Crippen LogP contribution in [0.2, 0.25) is 0 Å². The van der Waals surface area contributed by atoms with E-state index in [0.717, 1.165) is 38.4 Å². The normalized spacial score (nSPS) is 26.6. The topological polar surface area (TPSA) is 65.0 Å². The van der Waals surface area contributed by atoms with E-state index in [2.05, 4.69) is 60.5 Å². The van der Waals surface area contributed by atoms with Gasteiger partial charge in [0.15, 0.2) is 0 Å². The average molecular weight is 450 g/mol. The highest BCUT2D eigenvalue weighted by Gasteiger charge is 2.37. The Morgan fingerprint density at radius 1 is 1.09 bits per heavy atom. The lowest BCUT2D eigenvalue weighted by atomic mass is 9.73. The van der Waals surface area contributed by atoms with E-state index in [1.807, 2.05) is 6.07 Å². The Morgan fingerprint density at radius 2 is 1.88 bits per heavy atom. The van der Waals surface area contributed by atoms with E-state index in [-0.39, 0.29) is 17.4 Å². The van der Waals surface area contributed by atoms with E-state index in [9.17, 15) is 9.90 Å². The van der Waals surface area contributed by atoms with Gasteiger partial charge in [0.2, 0.25) is 0 Å². The zero-order chi connectivity index (χ0) is 23.2. The van der Waals surface area contributed by atoms with Gasteiger partial charge in [-0.2, -0.15) is 0 Å². The summed E-state index contributed by atoms with van der Waals surface area (Å²) in [4.78, 5) is 17.2. The molecule has 0 radical (unpaired) electrons. The highest BCUT2D eigenvalue weighted by Crippen LogP contribution is 2.45. The Balaban J connectivity index is 1.38. The van der Waals surface area contributed by atoms with Crippen molar-refractivity contribution in [3.05, 3.63) is 59.2 Å². The van der Waals surface area contributed by atoms with Crippen molar-refractivity contribution in [2.75, 3.05) is 49.6 Å². The number of likely N-dealkylation sites (tertiary alicyclic amines) is 1. The van der Waals surface area contributed by atoms with Gasteiger partial charge >= 0.3 is 0 Å². The summed E-state index contributed by atoms with van der Waals surface area (Å²) in [5.74, 6) is 0.00621. The smallest absolute Gasteiger partial charge is 0.253 e. The lowest BCUT2D eigenvalue weighted by Gasteiger charge is -2.39. The van der Waals surface area contributed by atoms with Crippen molar-refractivity contribution in [1.82, 2.24) is 4.90 Å². The van der Waals surface area contributed by atoms with Crippen LogP contribution in [-0.2, 0) is 10.2 Å². The minimum atomic E-state index is -0.784. The molecule has 2 N–H and O–H groups in total. The van der Waals surface area contributed by atoms with Gasteiger partial charge in [0.1, 0.15) is 0 Å². The third kappa shape index (κ3) is 4.46. The molecule has 3 aliphatic rings. The number of morpholine rings is 1. The number of hydrogen-bond acceptors (Lipinski definition) is 5. The summed E-state index contributed by atoms with van der Waals surface area (Å²) >= 11 is 0. The standard InChI is InChI=1S/C27H35N3O3/c1-26(2)17-24(19-5-4-6-21(15-19)29-11-13-33-14-12-29)28-23-8-7-20(16-22(23)26)25(31)30-10-9-27(3,32)18-30/h4-8,15-16,24,28,32H,9-14,17-18H2,1-3H3. The predicted octanol–water partition coefficient (Wildman–Crippen LogP) is 3.95. The van der Waals surface area contributed by atoms with Crippen LogP contribution in [0.5, 0.6) is 0 Å². The van der Waals surface area contributed by atoms with Crippen LogP contribution in [0.25, 0.3) is 0 Å². The van der Waals surface area contributed by atoms with Crippen molar-refractivity contribution in [2.45, 2.75) is 50.7 Å². The Morgan fingerprint density at radius 3 is 2.61 bits per heavy atom. The van der Waals surface area contributed by atoms with Gasteiger partial charge in [-0.1, -0.05) is 26.0 Å². The highest BCUT2D eigenvalue weighted by atomic mass is 16.5. The summed E-state index contributed by atoms with van der Waals surface area (Å²) in [7, 11) is 0. The largest absolute Gasteiger partial charge is 0.388 e. The summed E-state index contributed by atoms with van der Waals surface area (Å²) in [6, 6.07) is 15.1. The molecule has 3 heterocycles. The van der Waals surface area contributed by atoms with Crippen molar-refractivity contribution in [2.24, 2.45) is 0 Å². The summed E-state index contributed by atoms with van der Waals surface area (Å²) in [6.07, 6.45) is 1.57. The van der Waals surface area contributed by atoms with Crippen molar-refractivity contribution in [1.29, 1.82) is 0 Å². The molecule has 5 rings (SSSR count). The fraction of sp³-hybridized carbons (Fsp3) is 0.519.